The van der Waals surface area contributed by atoms with Crippen LogP contribution in [0.25, 0.3) is 0 Å². The van der Waals surface area contributed by atoms with Gasteiger partial charge in [0, 0.05) is 22.6 Å². The van der Waals surface area contributed by atoms with E-state index in [1.807, 2.05) is 32.1 Å². The Hall–Kier alpha value is -4.04. The maximum atomic E-state index is 14.0. The number of aromatic amines is 1. The minimum Gasteiger partial charge on any atom is -0.431 e. The molecule has 11 nitrogen and oxygen atoms in total. The Labute approximate surface area is 243 Å². The van der Waals surface area contributed by atoms with Crippen molar-refractivity contribution >= 4 is 23.4 Å². The topological polar surface area (TPSA) is 154 Å². The van der Waals surface area contributed by atoms with Gasteiger partial charge in [0.25, 0.3) is 5.91 Å². The fourth-order valence-electron chi connectivity index (χ4n) is 5.53. The summed E-state index contributed by atoms with van der Waals surface area (Å²) in [5, 5.41) is 19.4. The van der Waals surface area contributed by atoms with Crippen molar-refractivity contribution in [2.24, 2.45) is 10.8 Å². The average molecular weight is 580 g/mol. The van der Waals surface area contributed by atoms with E-state index < -0.39 is 28.3 Å². The summed E-state index contributed by atoms with van der Waals surface area (Å²) in [7, 11) is 0. The number of halogens is 1. The lowest BCUT2D eigenvalue weighted by atomic mass is 9.75. The summed E-state index contributed by atoms with van der Waals surface area (Å²) in [6, 6.07) is 2.38. The number of nitriles is 1. The number of hydrogen-bond donors (Lipinski definition) is 2. The Morgan fingerprint density at radius 3 is 2.73 bits per heavy atom. The highest BCUT2D eigenvalue weighted by atomic mass is 35.5. The predicted molar refractivity (Wildman–Crippen MR) is 152 cm³/mol. The molecule has 1 aliphatic carbocycles. The summed E-state index contributed by atoms with van der Waals surface area (Å²) in [6.45, 7) is 10.6. The van der Waals surface area contributed by atoms with E-state index in [9.17, 15) is 19.6 Å². The zero-order chi connectivity index (χ0) is 30.1. The maximum Gasteiger partial charge on any atom is 0.307 e. The van der Waals surface area contributed by atoms with Crippen LogP contribution in [0, 0.1) is 36.0 Å². The third-order valence-electron chi connectivity index (χ3n) is 7.78. The molecule has 0 radical (unpaired) electrons. The van der Waals surface area contributed by atoms with Gasteiger partial charge in [0.05, 0.1) is 29.4 Å². The second kappa shape index (κ2) is 11.4. The highest BCUT2D eigenvalue weighted by molar-refractivity contribution is 6.31. The minimum absolute atomic E-state index is 0.000352. The second-order valence-electron chi connectivity index (χ2n) is 11.5. The summed E-state index contributed by atoms with van der Waals surface area (Å²) in [5.74, 6) is -0.817. The van der Waals surface area contributed by atoms with Gasteiger partial charge in [-0.05, 0) is 60.0 Å². The smallest absolute Gasteiger partial charge is 0.307 e. The van der Waals surface area contributed by atoms with Crippen LogP contribution in [0.4, 0.5) is 0 Å². The zero-order valence-electron chi connectivity index (χ0n) is 24.0. The SMILES string of the molecule is Cc1cc(Oc2ncc(C(=O)N[C@H](C)C(=O)N3[C@H](C4(C)C=C(Cl)C=CC4)CC[C@@H]3C(C)(C)C#N)nc2C)c(=O)[nH]n1. The molecule has 3 heterocycles. The molecule has 4 atom stereocenters. The molecule has 2 N–H and O–H groups in total. The van der Waals surface area contributed by atoms with E-state index in [1.165, 1.54) is 12.3 Å². The number of rotatable bonds is 7. The minimum atomic E-state index is -0.904. The predicted octanol–water partition coefficient (Wildman–Crippen LogP) is 4.09. The van der Waals surface area contributed by atoms with Crippen LogP contribution >= 0.6 is 11.6 Å². The Morgan fingerprint density at radius 2 is 2.07 bits per heavy atom. The molecule has 0 spiro atoms. The lowest BCUT2D eigenvalue weighted by Gasteiger charge is -2.44. The number of nitrogens with zero attached hydrogens (tertiary/aromatic N) is 5. The van der Waals surface area contributed by atoms with E-state index in [2.05, 4.69) is 38.5 Å². The lowest BCUT2D eigenvalue weighted by Crippen LogP contribution is -2.57. The van der Waals surface area contributed by atoms with Gasteiger partial charge >= 0.3 is 5.56 Å². The van der Waals surface area contributed by atoms with Crippen molar-refractivity contribution in [3.05, 3.63) is 63.0 Å². The number of carbonyl (C=O) groups excluding carboxylic acids is 2. The van der Waals surface area contributed by atoms with Crippen LogP contribution in [0.3, 0.4) is 0 Å². The van der Waals surface area contributed by atoms with E-state index in [1.54, 1.807) is 25.7 Å². The van der Waals surface area contributed by atoms with Crippen LogP contribution < -0.4 is 15.6 Å². The number of carbonyl (C=O) groups is 2. The number of likely N-dealkylation sites (tertiary alicyclic amines) is 1. The van der Waals surface area contributed by atoms with Gasteiger partial charge in [-0.3, -0.25) is 14.4 Å². The van der Waals surface area contributed by atoms with Crippen LogP contribution in [-0.4, -0.2) is 55.0 Å². The number of ether oxygens (including phenoxy) is 1. The average Bonchev–Trinajstić information content (AvgIpc) is 3.38. The summed E-state index contributed by atoms with van der Waals surface area (Å²) in [5.41, 5.74) is -0.925. The molecule has 2 aromatic heterocycles. The lowest BCUT2D eigenvalue weighted by molar-refractivity contribution is -0.139. The number of H-pyrrole nitrogens is 1. The van der Waals surface area contributed by atoms with Crippen molar-refractivity contribution in [2.75, 3.05) is 0 Å². The van der Waals surface area contributed by atoms with E-state index in [0.717, 1.165) is 0 Å². The number of aromatic nitrogens is 4. The van der Waals surface area contributed by atoms with Crippen molar-refractivity contribution < 1.29 is 14.3 Å². The van der Waals surface area contributed by atoms with Crippen molar-refractivity contribution in [3.8, 4) is 17.7 Å². The van der Waals surface area contributed by atoms with Gasteiger partial charge < -0.3 is 15.0 Å². The van der Waals surface area contributed by atoms with Crippen molar-refractivity contribution in [1.29, 1.82) is 5.26 Å². The van der Waals surface area contributed by atoms with Crippen molar-refractivity contribution in [1.82, 2.24) is 30.4 Å². The second-order valence-corrected chi connectivity index (χ2v) is 11.9. The largest absolute Gasteiger partial charge is 0.431 e. The molecule has 12 heteroatoms. The van der Waals surface area contributed by atoms with Crippen LogP contribution in [0.15, 0.2) is 40.3 Å². The molecule has 1 saturated heterocycles. The molecule has 2 aliphatic rings. The summed E-state index contributed by atoms with van der Waals surface area (Å²) >= 11 is 6.36. The Kier molecular flexibility index (Phi) is 8.36. The van der Waals surface area contributed by atoms with Gasteiger partial charge in [0.1, 0.15) is 17.4 Å². The third kappa shape index (κ3) is 6.17. The molecule has 0 saturated carbocycles. The molecule has 0 bridgehead atoms. The van der Waals surface area contributed by atoms with E-state index >= 15 is 0 Å². The zero-order valence-corrected chi connectivity index (χ0v) is 24.7. The summed E-state index contributed by atoms with van der Waals surface area (Å²) < 4.78 is 5.59. The van der Waals surface area contributed by atoms with Crippen molar-refractivity contribution in [3.63, 3.8) is 0 Å². The highest BCUT2D eigenvalue weighted by Gasteiger charge is 2.51. The Balaban J connectivity index is 1.54. The normalized spacial score (nSPS) is 23.0. The number of amides is 2. The monoisotopic (exact) mass is 579 g/mol. The quantitative estimate of drug-likeness (QED) is 0.497. The number of aryl methyl sites for hydroxylation is 2. The van der Waals surface area contributed by atoms with Gasteiger partial charge in [-0.25, -0.2) is 15.1 Å². The fourth-order valence-corrected chi connectivity index (χ4v) is 5.86. The third-order valence-corrected chi connectivity index (χ3v) is 8.02. The summed E-state index contributed by atoms with van der Waals surface area (Å²) in [4.78, 5) is 49.4. The van der Waals surface area contributed by atoms with Crippen LogP contribution in [0.5, 0.6) is 11.6 Å². The standard InChI is InChI=1S/C29H34ClN7O4/c1-16-12-21(25(39)36-35-16)41-26-17(2)33-20(14-32-26)24(38)34-18(3)27(40)37-22(28(4,5)15-31)9-10-23(37)29(6)11-7-8-19(30)13-29/h7-8,12-14,18,22-23H,9-11H2,1-6H3,(H,34,38)(H,36,39)/t18-,22-,23+,29?/m1/s1. The first kappa shape index (κ1) is 29.9. The van der Waals surface area contributed by atoms with Crippen LogP contribution in [-0.2, 0) is 4.79 Å². The van der Waals surface area contributed by atoms with Crippen LogP contribution in [0.2, 0.25) is 0 Å². The Bertz CT molecular complexity index is 1530. The van der Waals surface area contributed by atoms with Gasteiger partial charge in [-0.2, -0.15) is 10.4 Å². The fraction of sp³-hybridized carbons (Fsp3) is 0.483. The molecule has 41 heavy (non-hydrogen) atoms. The summed E-state index contributed by atoms with van der Waals surface area (Å²) in [6.07, 6.45) is 9.12. The van der Waals surface area contributed by atoms with E-state index in [-0.39, 0.29) is 41.0 Å². The Morgan fingerprint density at radius 1 is 1.34 bits per heavy atom. The van der Waals surface area contributed by atoms with E-state index in [4.69, 9.17) is 16.3 Å². The molecular weight excluding hydrogens is 546 g/mol. The molecule has 216 valence electrons. The first-order chi connectivity index (χ1) is 19.3. The molecule has 1 aliphatic heterocycles. The van der Waals surface area contributed by atoms with E-state index in [0.29, 0.717) is 30.0 Å². The first-order valence-corrected chi connectivity index (χ1v) is 13.8. The molecular formula is C29H34ClN7O4. The molecule has 1 unspecified atom stereocenters. The number of hydrogen-bond acceptors (Lipinski definition) is 8. The van der Waals surface area contributed by atoms with Gasteiger partial charge in [-0.15, -0.1) is 0 Å². The molecule has 0 aromatic carbocycles. The van der Waals surface area contributed by atoms with Crippen molar-refractivity contribution in [2.45, 2.75) is 78.9 Å². The molecule has 2 aromatic rings. The number of nitrogens with one attached hydrogen (secondary N) is 2. The molecule has 1 fully saturated rings. The van der Waals surface area contributed by atoms with Gasteiger partial charge in [-0.1, -0.05) is 30.7 Å². The highest BCUT2D eigenvalue weighted by Crippen LogP contribution is 2.47. The van der Waals surface area contributed by atoms with Crippen LogP contribution in [0.1, 0.15) is 68.8 Å². The first-order valence-electron chi connectivity index (χ1n) is 13.4. The van der Waals surface area contributed by atoms with Gasteiger partial charge in [0.15, 0.2) is 5.75 Å². The maximum absolute atomic E-state index is 14.0. The molecule has 4 rings (SSSR count). The molecule has 2 amide bonds. The van der Waals surface area contributed by atoms with Gasteiger partial charge in [0.2, 0.25) is 11.8 Å². The number of allylic oxidation sites excluding steroid dienone is 3.